The van der Waals surface area contributed by atoms with Gasteiger partial charge in [0.15, 0.2) is 0 Å². The minimum atomic E-state index is -3.59. The third-order valence-corrected chi connectivity index (χ3v) is 1.71. The van der Waals surface area contributed by atoms with Crippen LogP contribution in [0.25, 0.3) is 0 Å². The van der Waals surface area contributed by atoms with Crippen LogP contribution < -0.4 is 0 Å². The Morgan fingerprint density at radius 1 is 1.38 bits per heavy atom. The Morgan fingerprint density at radius 3 is 2.15 bits per heavy atom. The highest BCUT2D eigenvalue weighted by Crippen LogP contribution is 2.37. The lowest BCUT2D eigenvalue weighted by molar-refractivity contribution is -0.165. The summed E-state index contributed by atoms with van der Waals surface area (Å²) in [5.41, 5.74) is 0. The summed E-state index contributed by atoms with van der Waals surface area (Å²) < 4.78 is 9.22. The molecule has 0 fully saturated rings. The van der Waals surface area contributed by atoms with Crippen molar-refractivity contribution in [3.8, 4) is 0 Å². The first kappa shape index (κ1) is 12.7. The van der Waals surface area contributed by atoms with Gasteiger partial charge in [-0.25, -0.2) is 0 Å². The minimum absolute atomic E-state index is 0.277. The van der Waals surface area contributed by atoms with Crippen molar-refractivity contribution in [2.24, 2.45) is 5.92 Å². The quantitative estimate of drug-likeness (QED) is 0.406. The van der Waals surface area contributed by atoms with Crippen molar-refractivity contribution >= 4 is 19.8 Å². The number of hydrogen-bond acceptors (Lipinski definition) is 5. The maximum absolute atomic E-state index is 11.0. The summed E-state index contributed by atoms with van der Waals surface area (Å²) in [6, 6.07) is 0. The maximum atomic E-state index is 11.0. The molecule has 0 aromatic carbocycles. The lowest BCUT2D eigenvalue weighted by Gasteiger charge is -2.18. The van der Waals surface area contributed by atoms with E-state index in [1.54, 1.807) is 13.8 Å². The summed E-state index contributed by atoms with van der Waals surface area (Å²) in [5.74, 6) is -0.734. The molecule has 0 spiro atoms. The Bertz CT molecular complexity index is 219. The van der Waals surface area contributed by atoms with Crippen molar-refractivity contribution in [2.45, 2.75) is 27.1 Å². The minimum Gasteiger partial charge on any atom is -0.435 e. The number of esters is 1. The summed E-state index contributed by atoms with van der Waals surface area (Å²) in [5, 5.41) is 0. The topological polar surface area (TPSA) is 76.0 Å². The van der Waals surface area contributed by atoms with E-state index >= 15 is 0 Å². The second-order valence-corrected chi connectivity index (χ2v) is 4.47. The largest absolute Gasteiger partial charge is 0.435 e. The van der Waals surface area contributed by atoms with Gasteiger partial charge >= 0.3 is 5.97 Å². The molecule has 2 N–H and O–H groups in total. The Balaban J connectivity index is 3.95. The number of carbonyl (C=O) groups excluding carboxylic acids is 1. The van der Waals surface area contributed by atoms with E-state index in [1.165, 1.54) is 6.92 Å². The van der Waals surface area contributed by atoms with E-state index in [2.05, 4.69) is 10.8 Å². The molecule has 0 aliphatic heterocycles. The molecule has 13 heavy (non-hydrogen) atoms. The lowest BCUT2D eigenvalue weighted by Crippen LogP contribution is -2.20. The zero-order valence-corrected chi connectivity index (χ0v) is 8.82. The van der Waals surface area contributed by atoms with Crippen LogP contribution in [0.5, 0.6) is 0 Å². The normalized spacial score (nSPS) is 14.3. The zero-order chi connectivity index (χ0) is 10.6. The molecule has 5 nitrogen and oxygen atoms in total. The Hall–Kier alpha value is -0.350. The molecule has 0 bridgehead atoms. The molecule has 0 saturated carbocycles. The fraction of sp³-hybridized carbons (Fsp3) is 0.714. The van der Waals surface area contributed by atoms with Crippen LogP contribution >= 0.6 is 7.57 Å². The van der Waals surface area contributed by atoms with Crippen LogP contribution in [0.3, 0.4) is 0 Å². The monoisotopic (exact) mass is 210 g/mol. The third-order valence-electron chi connectivity index (χ3n) is 1.07. The second-order valence-electron chi connectivity index (χ2n) is 2.93. The lowest BCUT2D eigenvalue weighted by atomic mass is 10.2. The molecule has 0 amide bonds. The molecule has 0 radical (unpaired) electrons. The van der Waals surface area contributed by atoms with Gasteiger partial charge in [-0.15, -0.1) is 0 Å². The van der Waals surface area contributed by atoms with Crippen LogP contribution in [0, 0.1) is 5.92 Å². The van der Waals surface area contributed by atoms with E-state index in [9.17, 15) is 4.79 Å². The van der Waals surface area contributed by atoms with Gasteiger partial charge in [0, 0.05) is 0 Å². The van der Waals surface area contributed by atoms with Crippen LogP contribution in [0.2, 0.25) is 0 Å². The number of ether oxygens (including phenoxy) is 1. The van der Waals surface area contributed by atoms with Crippen LogP contribution in [-0.4, -0.2) is 28.3 Å². The Labute approximate surface area is 77.5 Å². The van der Waals surface area contributed by atoms with Gasteiger partial charge in [0.2, 0.25) is 13.9 Å². The average Bonchev–Trinajstić information content (AvgIpc) is 1.81. The van der Waals surface area contributed by atoms with Crippen LogP contribution in [0.4, 0.5) is 0 Å². The van der Waals surface area contributed by atoms with Gasteiger partial charge in [-0.1, -0.05) is 13.8 Å². The van der Waals surface area contributed by atoms with Crippen molar-refractivity contribution in [3.63, 3.8) is 0 Å². The van der Waals surface area contributed by atoms with E-state index in [0.29, 0.717) is 0 Å². The first-order valence-electron chi connectivity index (χ1n) is 3.80. The van der Waals surface area contributed by atoms with E-state index in [4.69, 9.17) is 14.5 Å². The molecule has 0 rings (SSSR count). The Morgan fingerprint density at radius 2 is 1.85 bits per heavy atom. The van der Waals surface area contributed by atoms with Crippen molar-refractivity contribution in [3.05, 3.63) is 0 Å². The van der Waals surface area contributed by atoms with Crippen LogP contribution in [0.15, 0.2) is 0 Å². The first-order valence-corrected chi connectivity index (χ1v) is 5.60. The zero-order valence-electron chi connectivity index (χ0n) is 7.93. The van der Waals surface area contributed by atoms with E-state index in [-0.39, 0.29) is 5.92 Å². The van der Waals surface area contributed by atoms with Crippen molar-refractivity contribution < 1.29 is 23.8 Å². The molecular weight excluding hydrogens is 195 g/mol. The van der Waals surface area contributed by atoms with Gasteiger partial charge in [-0.3, -0.25) is 9.32 Å². The standard InChI is InChI=1S/C7H15O5P/c1-5(2)7(8)11-6(3)12-13(4,9)10/h5-6,9-10H,4H2,1-3H3. The van der Waals surface area contributed by atoms with Crippen LogP contribution in [0.1, 0.15) is 20.8 Å². The molecule has 0 aromatic heterocycles. The predicted octanol–water partition coefficient (Wildman–Crippen LogP) is 0.727. The highest BCUT2D eigenvalue weighted by Gasteiger charge is 2.17. The number of rotatable bonds is 4. The number of hydrogen-bond donors (Lipinski definition) is 2. The first-order chi connectivity index (χ1) is 5.72. The summed E-state index contributed by atoms with van der Waals surface area (Å²) >= 11 is 0. The smallest absolute Gasteiger partial charge is 0.310 e. The van der Waals surface area contributed by atoms with Crippen LogP contribution in [-0.2, 0) is 14.1 Å². The fourth-order valence-electron chi connectivity index (χ4n) is 0.559. The van der Waals surface area contributed by atoms with E-state index < -0.39 is 19.8 Å². The van der Waals surface area contributed by atoms with Crippen molar-refractivity contribution in [2.75, 3.05) is 0 Å². The number of carbonyl (C=O) groups is 1. The molecule has 1 atom stereocenters. The average molecular weight is 210 g/mol. The summed E-state index contributed by atoms with van der Waals surface area (Å²) in [6.45, 7) is 4.73. The summed E-state index contributed by atoms with van der Waals surface area (Å²) in [7, 11) is -3.59. The molecule has 0 aliphatic rings. The van der Waals surface area contributed by atoms with E-state index in [1.807, 2.05) is 0 Å². The molecule has 0 aromatic rings. The van der Waals surface area contributed by atoms with Gasteiger partial charge in [0.1, 0.15) is 0 Å². The predicted molar refractivity (Wildman–Crippen MR) is 50.0 cm³/mol. The van der Waals surface area contributed by atoms with Gasteiger partial charge in [-0.2, -0.15) is 0 Å². The van der Waals surface area contributed by atoms with Gasteiger partial charge < -0.3 is 14.5 Å². The maximum Gasteiger partial charge on any atom is 0.310 e. The Kier molecular flexibility index (Phi) is 4.64. The highest BCUT2D eigenvalue weighted by molar-refractivity contribution is 7.57. The fourth-order valence-corrected chi connectivity index (χ4v) is 1.08. The highest BCUT2D eigenvalue weighted by atomic mass is 31.2. The van der Waals surface area contributed by atoms with Gasteiger partial charge in [-0.05, 0) is 13.2 Å². The molecule has 1 unspecified atom stereocenters. The molecule has 0 aliphatic carbocycles. The molecule has 78 valence electrons. The van der Waals surface area contributed by atoms with E-state index in [0.717, 1.165) is 0 Å². The second kappa shape index (κ2) is 4.77. The summed E-state index contributed by atoms with van der Waals surface area (Å²) in [4.78, 5) is 28.5. The van der Waals surface area contributed by atoms with Gasteiger partial charge in [0.25, 0.3) is 0 Å². The molecule has 0 saturated heterocycles. The van der Waals surface area contributed by atoms with Crippen molar-refractivity contribution in [1.82, 2.24) is 0 Å². The molecule has 6 heteroatoms. The van der Waals surface area contributed by atoms with Gasteiger partial charge in [0.05, 0.1) is 5.92 Å². The SMILES string of the molecule is C=P(O)(O)OC(C)OC(=O)C(C)C. The summed E-state index contributed by atoms with van der Waals surface area (Å²) in [6.07, 6.45) is 1.98. The third kappa shape index (κ3) is 6.78. The molecule has 0 heterocycles. The molecular formula is C7H15O5P. The van der Waals surface area contributed by atoms with Crippen molar-refractivity contribution in [1.29, 1.82) is 0 Å².